The number of hydrogen-bond donors (Lipinski definition) is 0. The van der Waals surface area contributed by atoms with Gasteiger partial charge in [0.05, 0.1) is 18.7 Å². The zero-order valence-electron chi connectivity index (χ0n) is 22.6. The Morgan fingerprint density at radius 3 is 2.67 bits per heavy atom. The van der Waals surface area contributed by atoms with E-state index in [1.165, 1.54) is 51.4 Å². The van der Waals surface area contributed by atoms with Crippen molar-refractivity contribution in [2.45, 2.75) is 85.1 Å². The number of rotatable bonds is 5. The molecule has 1 aromatic carbocycles. The van der Waals surface area contributed by atoms with Gasteiger partial charge in [0.2, 0.25) is 0 Å². The van der Waals surface area contributed by atoms with E-state index < -0.39 is 0 Å². The first-order chi connectivity index (χ1) is 17.1. The van der Waals surface area contributed by atoms with Crippen LogP contribution >= 0.6 is 11.6 Å². The summed E-state index contributed by atoms with van der Waals surface area (Å²) in [5.41, 5.74) is 1.87. The van der Waals surface area contributed by atoms with Crippen molar-refractivity contribution in [3.63, 3.8) is 0 Å². The van der Waals surface area contributed by atoms with Crippen LogP contribution in [0.1, 0.15) is 78.6 Å². The second kappa shape index (κ2) is 8.83. The summed E-state index contributed by atoms with van der Waals surface area (Å²) in [5.74, 6) is 3.70. The van der Waals surface area contributed by atoms with Crippen LogP contribution in [0.5, 0.6) is 0 Å². The van der Waals surface area contributed by atoms with Gasteiger partial charge in [-0.05, 0) is 116 Å². The minimum absolute atomic E-state index is 0.149. The second-order valence-electron chi connectivity index (χ2n) is 13.8. The standard InChI is InChI=1S/C31H43ClN2O2/c1-29(19-36-4)13-14-30(2)21(16-29)5-7-23-24-8-9-26(31(24,3)12-11-25(23)30)28(35)18-34-17-20-15-22(32)6-10-27(20)33-34/h6,10,15,17,21,23-26H,5,7-9,11-14,16,18-19H2,1-4H3/t21-,23-,24-,25-,26+,29-,30-,31-/m0/s1. The summed E-state index contributed by atoms with van der Waals surface area (Å²) in [6.07, 6.45) is 13.5. The molecule has 0 amide bonds. The average molecular weight is 511 g/mol. The summed E-state index contributed by atoms with van der Waals surface area (Å²) >= 11 is 6.16. The summed E-state index contributed by atoms with van der Waals surface area (Å²) in [5, 5.41) is 6.38. The van der Waals surface area contributed by atoms with Crippen LogP contribution in [0.25, 0.3) is 10.9 Å². The third-order valence-corrected chi connectivity index (χ3v) is 12.0. The highest BCUT2D eigenvalue weighted by Crippen LogP contribution is 2.68. The molecule has 4 aliphatic rings. The predicted octanol–water partition coefficient (Wildman–Crippen LogP) is 7.57. The van der Waals surface area contributed by atoms with Crippen molar-refractivity contribution in [1.29, 1.82) is 0 Å². The molecule has 2 aromatic rings. The number of methoxy groups -OCH3 is 1. The van der Waals surface area contributed by atoms with Crippen LogP contribution in [-0.2, 0) is 16.1 Å². The van der Waals surface area contributed by atoms with E-state index in [1.807, 2.05) is 36.2 Å². The maximum atomic E-state index is 13.7. The Morgan fingerprint density at radius 1 is 1.06 bits per heavy atom. The van der Waals surface area contributed by atoms with Gasteiger partial charge in [-0.25, -0.2) is 0 Å². The van der Waals surface area contributed by atoms with Crippen molar-refractivity contribution in [1.82, 2.24) is 9.78 Å². The number of hydrogen-bond acceptors (Lipinski definition) is 3. The van der Waals surface area contributed by atoms with Gasteiger partial charge in [-0.1, -0.05) is 32.4 Å². The van der Waals surface area contributed by atoms with Gasteiger partial charge < -0.3 is 4.74 Å². The number of carbonyl (C=O) groups is 1. The number of benzene rings is 1. The van der Waals surface area contributed by atoms with E-state index in [9.17, 15) is 4.79 Å². The van der Waals surface area contributed by atoms with Crippen molar-refractivity contribution < 1.29 is 9.53 Å². The van der Waals surface area contributed by atoms with Crippen LogP contribution in [0.15, 0.2) is 24.4 Å². The largest absolute Gasteiger partial charge is 0.384 e. The molecule has 1 aromatic heterocycles. The quantitative estimate of drug-likeness (QED) is 0.416. The maximum Gasteiger partial charge on any atom is 0.157 e. The Kier molecular flexibility index (Phi) is 6.11. The lowest BCUT2D eigenvalue weighted by molar-refractivity contribution is -0.144. The van der Waals surface area contributed by atoms with Gasteiger partial charge in [0.1, 0.15) is 0 Å². The van der Waals surface area contributed by atoms with E-state index in [2.05, 4.69) is 25.9 Å². The molecular formula is C31H43ClN2O2. The predicted molar refractivity (Wildman–Crippen MR) is 145 cm³/mol. The number of ketones is 1. The van der Waals surface area contributed by atoms with E-state index >= 15 is 0 Å². The Labute approximate surface area is 221 Å². The molecule has 0 bridgehead atoms. The van der Waals surface area contributed by atoms with Gasteiger partial charge >= 0.3 is 0 Å². The molecule has 0 spiro atoms. The lowest BCUT2D eigenvalue weighted by Gasteiger charge is -2.62. The van der Waals surface area contributed by atoms with Crippen molar-refractivity contribution in [3.8, 4) is 0 Å². The molecule has 0 aliphatic heterocycles. The molecule has 0 unspecified atom stereocenters. The summed E-state index contributed by atoms with van der Waals surface area (Å²) in [7, 11) is 1.86. The summed E-state index contributed by atoms with van der Waals surface area (Å²) in [6, 6.07) is 5.73. The summed E-state index contributed by atoms with van der Waals surface area (Å²) in [6.45, 7) is 8.83. The third-order valence-electron chi connectivity index (χ3n) is 11.8. The molecule has 0 saturated heterocycles. The van der Waals surface area contributed by atoms with E-state index in [1.54, 1.807) is 0 Å². The number of halogens is 1. The van der Waals surface area contributed by atoms with Crippen molar-refractivity contribution in [2.75, 3.05) is 13.7 Å². The first-order valence-electron chi connectivity index (χ1n) is 14.3. The van der Waals surface area contributed by atoms with Crippen molar-refractivity contribution in [3.05, 3.63) is 29.4 Å². The molecule has 1 heterocycles. The van der Waals surface area contributed by atoms with Gasteiger partial charge in [-0.2, -0.15) is 5.10 Å². The molecule has 4 nitrogen and oxygen atoms in total. The normalized spacial score (nSPS) is 42.1. The first-order valence-corrected chi connectivity index (χ1v) is 14.7. The van der Waals surface area contributed by atoms with Gasteiger partial charge in [-0.3, -0.25) is 9.48 Å². The van der Waals surface area contributed by atoms with Crippen LogP contribution in [0.2, 0.25) is 5.02 Å². The number of aromatic nitrogens is 2. The third kappa shape index (κ3) is 3.88. The fraction of sp³-hybridized carbons (Fsp3) is 0.742. The fourth-order valence-electron chi connectivity index (χ4n) is 9.93. The highest BCUT2D eigenvalue weighted by Gasteiger charge is 2.61. The molecule has 0 radical (unpaired) electrons. The molecule has 4 aliphatic carbocycles. The topological polar surface area (TPSA) is 44.1 Å². The number of ether oxygens (including phenoxy) is 1. The number of carbonyl (C=O) groups excluding carboxylic acids is 1. The minimum Gasteiger partial charge on any atom is -0.384 e. The number of nitrogens with zero attached hydrogens (tertiary/aromatic N) is 2. The summed E-state index contributed by atoms with van der Waals surface area (Å²) in [4.78, 5) is 13.7. The molecule has 8 atom stereocenters. The zero-order chi connectivity index (χ0) is 25.3. The van der Waals surface area contributed by atoms with Crippen LogP contribution in [-0.4, -0.2) is 29.3 Å². The zero-order valence-corrected chi connectivity index (χ0v) is 23.3. The fourth-order valence-corrected chi connectivity index (χ4v) is 10.1. The van der Waals surface area contributed by atoms with Crippen molar-refractivity contribution in [2.24, 2.45) is 45.8 Å². The van der Waals surface area contributed by atoms with Gasteiger partial charge in [0.25, 0.3) is 0 Å². The van der Waals surface area contributed by atoms with Crippen LogP contribution in [0.4, 0.5) is 0 Å². The molecule has 4 saturated carbocycles. The van der Waals surface area contributed by atoms with Crippen LogP contribution in [0, 0.1) is 45.8 Å². The highest BCUT2D eigenvalue weighted by atomic mass is 35.5. The Bertz CT molecular complexity index is 1160. The van der Waals surface area contributed by atoms with E-state index in [0.29, 0.717) is 34.1 Å². The Hall–Kier alpha value is -1.39. The van der Waals surface area contributed by atoms with Crippen LogP contribution in [0.3, 0.4) is 0 Å². The molecule has 6 rings (SSSR count). The Morgan fingerprint density at radius 2 is 1.86 bits per heavy atom. The van der Waals surface area contributed by atoms with E-state index in [-0.39, 0.29) is 11.3 Å². The lowest BCUT2D eigenvalue weighted by atomic mass is 9.43. The minimum atomic E-state index is 0.149. The van der Waals surface area contributed by atoms with Crippen LogP contribution < -0.4 is 0 Å². The smallest absolute Gasteiger partial charge is 0.157 e. The first kappa shape index (κ1) is 24.9. The molecule has 5 heteroatoms. The Balaban J connectivity index is 1.18. The maximum absolute atomic E-state index is 13.7. The van der Waals surface area contributed by atoms with Gasteiger partial charge in [0.15, 0.2) is 5.78 Å². The lowest BCUT2D eigenvalue weighted by Crippen LogP contribution is -2.55. The SMILES string of the molecule is COC[C@@]1(C)CC[C@@]2(C)[C@@H](CC[C@@H]3[C@@H]2CC[C@]2(C)[C@@H](C(=O)Cn4cc5cc(Cl)ccc5n4)CC[C@@H]32)C1. The monoisotopic (exact) mass is 510 g/mol. The number of fused-ring (bicyclic) bond motifs is 6. The second-order valence-corrected chi connectivity index (χ2v) is 14.2. The van der Waals surface area contributed by atoms with E-state index in [0.717, 1.165) is 41.7 Å². The number of Topliss-reactive ketones (excluding diaryl/α,β-unsaturated/α-hetero) is 1. The van der Waals surface area contributed by atoms with E-state index in [4.69, 9.17) is 16.3 Å². The molecular weight excluding hydrogens is 468 g/mol. The highest BCUT2D eigenvalue weighted by molar-refractivity contribution is 6.31. The average Bonchev–Trinajstić information content (AvgIpc) is 3.39. The molecule has 0 N–H and O–H groups in total. The molecule has 4 fully saturated rings. The molecule has 196 valence electrons. The van der Waals surface area contributed by atoms with Gasteiger partial charge in [0, 0.05) is 29.6 Å². The van der Waals surface area contributed by atoms with Gasteiger partial charge in [-0.15, -0.1) is 0 Å². The summed E-state index contributed by atoms with van der Waals surface area (Å²) < 4.78 is 7.47. The molecule has 36 heavy (non-hydrogen) atoms. The van der Waals surface area contributed by atoms with Crippen molar-refractivity contribution >= 4 is 28.3 Å².